The lowest BCUT2D eigenvalue weighted by Crippen LogP contribution is -2.08. The van der Waals surface area contributed by atoms with E-state index in [4.69, 9.17) is 12.2 Å². The number of nitrogens with zero attached hydrogens (tertiary/aromatic N) is 1. The molecular weight excluding hydrogens is 260 g/mol. The zero-order chi connectivity index (χ0) is 12.4. The number of benzene rings is 1. The molecule has 2 nitrogen and oxygen atoms in total. The Hall–Kier alpha value is -1.78. The standard InChI is InChI=1S/C14H10N2S2/c17-14(13-7-3-9-18-13)16-12-6-1-5-11-10(12)4-2-8-15-11/h1-9H,(H,16,17). The average Bonchev–Trinajstić information content (AvgIpc) is 2.93. The molecule has 0 atom stereocenters. The second kappa shape index (κ2) is 4.84. The quantitative estimate of drug-likeness (QED) is 0.710. The maximum absolute atomic E-state index is 5.40. The number of pyridine rings is 1. The van der Waals surface area contributed by atoms with Crippen LogP contribution in [-0.2, 0) is 0 Å². The average molecular weight is 270 g/mol. The highest BCUT2D eigenvalue weighted by molar-refractivity contribution is 7.81. The lowest BCUT2D eigenvalue weighted by Gasteiger charge is -2.09. The van der Waals surface area contributed by atoms with Gasteiger partial charge < -0.3 is 5.32 Å². The normalized spacial score (nSPS) is 10.4. The van der Waals surface area contributed by atoms with Gasteiger partial charge in [-0.2, -0.15) is 0 Å². The van der Waals surface area contributed by atoms with Crippen molar-refractivity contribution in [3.63, 3.8) is 0 Å². The summed E-state index contributed by atoms with van der Waals surface area (Å²) in [5.74, 6) is 0. The Bertz CT molecular complexity index is 685. The van der Waals surface area contributed by atoms with E-state index in [-0.39, 0.29) is 0 Å². The number of thiocarbonyl (C=S) groups is 1. The Kier molecular flexibility index (Phi) is 3.04. The monoisotopic (exact) mass is 270 g/mol. The highest BCUT2D eigenvalue weighted by Gasteiger charge is 2.05. The molecule has 0 bridgehead atoms. The third kappa shape index (κ3) is 2.12. The van der Waals surface area contributed by atoms with Crippen molar-refractivity contribution in [2.45, 2.75) is 0 Å². The largest absolute Gasteiger partial charge is 0.345 e. The van der Waals surface area contributed by atoms with Crippen LogP contribution < -0.4 is 5.32 Å². The molecule has 3 rings (SSSR count). The van der Waals surface area contributed by atoms with E-state index in [1.165, 1.54) is 0 Å². The molecule has 0 saturated heterocycles. The van der Waals surface area contributed by atoms with Gasteiger partial charge in [-0.1, -0.05) is 24.4 Å². The fraction of sp³-hybridized carbons (Fsp3) is 0. The minimum Gasteiger partial charge on any atom is -0.345 e. The number of hydrogen-bond donors (Lipinski definition) is 1. The van der Waals surface area contributed by atoms with Crippen molar-refractivity contribution in [1.29, 1.82) is 0 Å². The van der Waals surface area contributed by atoms with Gasteiger partial charge in [0.1, 0.15) is 4.99 Å². The third-order valence-corrected chi connectivity index (χ3v) is 3.98. The zero-order valence-electron chi connectivity index (χ0n) is 9.46. The molecule has 2 aromatic heterocycles. The Morgan fingerprint density at radius 2 is 2.06 bits per heavy atom. The second-order valence-corrected chi connectivity index (χ2v) is 5.16. The predicted molar refractivity (Wildman–Crippen MR) is 81.4 cm³/mol. The summed E-state index contributed by atoms with van der Waals surface area (Å²) in [7, 11) is 0. The van der Waals surface area contributed by atoms with E-state index >= 15 is 0 Å². The number of thiophene rings is 1. The number of aromatic nitrogens is 1. The van der Waals surface area contributed by atoms with Crippen molar-refractivity contribution in [3.05, 3.63) is 58.9 Å². The van der Waals surface area contributed by atoms with Gasteiger partial charge in [0.15, 0.2) is 0 Å². The first-order chi connectivity index (χ1) is 8.84. The molecule has 0 unspecified atom stereocenters. The first-order valence-corrected chi connectivity index (χ1v) is 6.82. The van der Waals surface area contributed by atoms with Gasteiger partial charge in [0.25, 0.3) is 0 Å². The molecule has 0 aliphatic heterocycles. The Morgan fingerprint density at radius 1 is 1.11 bits per heavy atom. The van der Waals surface area contributed by atoms with Crippen molar-refractivity contribution in [2.75, 3.05) is 5.32 Å². The first-order valence-electron chi connectivity index (χ1n) is 5.53. The topological polar surface area (TPSA) is 24.9 Å². The third-order valence-electron chi connectivity index (χ3n) is 2.64. The number of anilines is 1. The Morgan fingerprint density at radius 3 is 2.89 bits per heavy atom. The van der Waals surface area contributed by atoms with Gasteiger partial charge in [-0.15, -0.1) is 11.3 Å². The molecule has 2 heterocycles. The minimum absolute atomic E-state index is 0.751. The van der Waals surface area contributed by atoms with E-state index in [9.17, 15) is 0 Å². The van der Waals surface area contributed by atoms with Gasteiger partial charge in [0.05, 0.1) is 10.4 Å². The number of hydrogen-bond acceptors (Lipinski definition) is 3. The van der Waals surface area contributed by atoms with E-state index in [0.717, 1.165) is 26.5 Å². The van der Waals surface area contributed by atoms with Crippen molar-refractivity contribution >= 4 is 45.1 Å². The summed E-state index contributed by atoms with van der Waals surface area (Å²) in [6, 6.07) is 14.0. The molecule has 0 amide bonds. The fourth-order valence-electron chi connectivity index (χ4n) is 1.80. The summed E-state index contributed by atoms with van der Waals surface area (Å²) >= 11 is 7.03. The van der Waals surface area contributed by atoms with Crippen LogP contribution in [0, 0.1) is 0 Å². The molecule has 0 saturated carbocycles. The molecule has 0 fully saturated rings. The van der Waals surface area contributed by atoms with E-state index in [2.05, 4.69) is 10.3 Å². The van der Waals surface area contributed by atoms with Crippen LogP contribution in [0.25, 0.3) is 10.9 Å². The van der Waals surface area contributed by atoms with Crippen LogP contribution in [0.3, 0.4) is 0 Å². The molecule has 0 aliphatic carbocycles. The zero-order valence-corrected chi connectivity index (χ0v) is 11.1. The van der Waals surface area contributed by atoms with Gasteiger partial charge in [0.2, 0.25) is 0 Å². The smallest absolute Gasteiger partial charge is 0.121 e. The molecular formula is C14H10N2S2. The van der Waals surface area contributed by atoms with Crippen LogP contribution in [-0.4, -0.2) is 9.97 Å². The summed E-state index contributed by atoms with van der Waals surface area (Å²) in [6.45, 7) is 0. The van der Waals surface area contributed by atoms with Crippen molar-refractivity contribution in [3.8, 4) is 0 Å². The SMILES string of the molecule is S=C(Nc1cccc2ncccc12)c1cccs1. The van der Waals surface area contributed by atoms with Crippen LogP contribution >= 0.6 is 23.6 Å². The van der Waals surface area contributed by atoms with Crippen LogP contribution in [0.15, 0.2) is 54.0 Å². The van der Waals surface area contributed by atoms with Gasteiger partial charge >= 0.3 is 0 Å². The van der Waals surface area contributed by atoms with E-state index in [0.29, 0.717) is 0 Å². The highest BCUT2D eigenvalue weighted by atomic mass is 32.1. The minimum atomic E-state index is 0.751. The molecule has 1 N–H and O–H groups in total. The van der Waals surface area contributed by atoms with Crippen LogP contribution in [0.4, 0.5) is 5.69 Å². The lowest BCUT2D eigenvalue weighted by atomic mass is 10.2. The highest BCUT2D eigenvalue weighted by Crippen LogP contribution is 2.22. The van der Waals surface area contributed by atoms with Gasteiger partial charge in [0, 0.05) is 17.3 Å². The molecule has 0 spiro atoms. The molecule has 0 radical (unpaired) electrons. The number of fused-ring (bicyclic) bond motifs is 1. The molecule has 88 valence electrons. The predicted octanol–water partition coefficient (Wildman–Crippen LogP) is 4.08. The summed E-state index contributed by atoms with van der Waals surface area (Å²) < 4.78 is 0. The summed E-state index contributed by atoms with van der Waals surface area (Å²) in [5.41, 5.74) is 1.97. The van der Waals surface area contributed by atoms with Crippen molar-refractivity contribution < 1.29 is 0 Å². The van der Waals surface area contributed by atoms with Gasteiger partial charge in [-0.3, -0.25) is 4.98 Å². The molecule has 18 heavy (non-hydrogen) atoms. The molecule has 4 heteroatoms. The second-order valence-electron chi connectivity index (χ2n) is 3.81. The molecule has 3 aromatic rings. The van der Waals surface area contributed by atoms with Crippen molar-refractivity contribution in [1.82, 2.24) is 4.98 Å². The van der Waals surface area contributed by atoms with E-state index in [1.807, 2.05) is 47.8 Å². The number of nitrogens with one attached hydrogen (secondary N) is 1. The Balaban J connectivity index is 1.98. The fourth-order valence-corrected chi connectivity index (χ4v) is 2.75. The summed E-state index contributed by atoms with van der Waals surface area (Å²) in [5, 5.41) is 6.39. The first kappa shape index (κ1) is 11.3. The maximum Gasteiger partial charge on any atom is 0.121 e. The summed E-state index contributed by atoms with van der Waals surface area (Å²) in [4.78, 5) is 6.16. The molecule has 0 aliphatic rings. The lowest BCUT2D eigenvalue weighted by molar-refractivity contribution is 1.41. The van der Waals surface area contributed by atoms with Crippen molar-refractivity contribution in [2.24, 2.45) is 0 Å². The Labute approximate surface area is 114 Å². The van der Waals surface area contributed by atoms with Crippen LogP contribution in [0.1, 0.15) is 4.88 Å². The number of rotatable bonds is 2. The molecule has 1 aromatic carbocycles. The van der Waals surface area contributed by atoms with Crippen LogP contribution in [0.5, 0.6) is 0 Å². The van der Waals surface area contributed by atoms with E-state index in [1.54, 1.807) is 17.5 Å². The van der Waals surface area contributed by atoms with Gasteiger partial charge in [-0.05, 0) is 35.7 Å². The van der Waals surface area contributed by atoms with Crippen LogP contribution in [0.2, 0.25) is 0 Å². The summed E-state index contributed by atoms with van der Waals surface area (Å²) in [6.07, 6.45) is 1.80. The maximum atomic E-state index is 5.40. The van der Waals surface area contributed by atoms with Gasteiger partial charge in [-0.25, -0.2) is 0 Å². The van der Waals surface area contributed by atoms with E-state index < -0.39 is 0 Å².